The van der Waals surface area contributed by atoms with E-state index in [4.69, 9.17) is 0 Å². The monoisotopic (exact) mass is 445 g/mol. The van der Waals surface area contributed by atoms with Crippen molar-refractivity contribution in [1.29, 1.82) is 0 Å². The van der Waals surface area contributed by atoms with Gasteiger partial charge < -0.3 is 10.2 Å². The van der Waals surface area contributed by atoms with Crippen LogP contribution in [0.15, 0.2) is 48.7 Å². The lowest BCUT2D eigenvalue weighted by Crippen LogP contribution is -2.65. The van der Waals surface area contributed by atoms with E-state index in [0.717, 1.165) is 55.3 Å². The van der Waals surface area contributed by atoms with Gasteiger partial charge in [0.25, 0.3) is 5.91 Å². The number of pyridine rings is 1. The average Bonchev–Trinajstić information content (AvgIpc) is 2.86. The first-order valence-corrected chi connectivity index (χ1v) is 12.8. The maximum Gasteiger partial charge on any atom is 0.254 e. The third-order valence-corrected chi connectivity index (χ3v) is 8.07. The van der Waals surface area contributed by atoms with E-state index >= 15 is 0 Å². The summed E-state index contributed by atoms with van der Waals surface area (Å²) in [5, 5.41) is 3.23. The number of rotatable bonds is 5. The van der Waals surface area contributed by atoms with Crippen LogP contribution in [0.2, 0.25) is 0 Å². The topological polar surface area (TPSA) is 62.3 Å². The Morgan fingerprint density at radius 1 is 0.970 bits per heavy atom. The second kappa shape index (κ2) is 9.66. The number of nitrogens with zero attached hydrogens (tertiary/aromatic N) is 2. The van der Waals surface area contributed by atoms with Gasteiger partial charge in [-0.25, -0.2) is 0 Å². The number of carbonyl (C=O) groups is 2. The molecule has 2 aromatic rings. The van der Waals surface area contributed by atoms with E-state index in [1.807, 2.05) is 42.5 Å². The molecular weight excluding hydrogens is 410 g/mol. The lowest BCUT2D eigenvalue weighted by atomic mass is 9.64. The van der Waals surface area contributed by atoms with Gasteiger partial charge in [0.05, 0.1) is 11.5 Å². The van der Waals surface area contributed by atoms with Gasteiger partial charge in [-0.1, -0.05) is 62.8 Å². The molecule has 5 nitrogen and oxygen atoms in total. The van der Waals surface area contributed by atoms with Gasteiger partial charge in [-0.05, 0) is 49.4 Å². The van der Waals surface area contributed by atoms with Crippen LogP contribution in [0.25, 0.3) is 0 Å². The lowest BCUT2D eigenvalue weighted by Gasteiger charge is -2.57. The van der Waals surface area contributed by atoms with Crippen LogP contribution in [0.3, 0.4) is 0 Å². The highest BCUT2D eigenvalue weighted by atomic mass is 16.2. The van der Waals surface area contributed by atoms with Gasteiger partial charge in [-0.2, -0.15) is 0 Å². The Hall–Kier alpha value is -2.69. The molecule has 2 aliphatic carbocycles. The summed E-state index contributed by atoms with van der Waals surface area (Å²) in [6.07, 6.45) is 13.4. The van der Waals surface area contributed by atoms with Gasteiger partial charge in [-0.15, -0.1) is 0 Å². The Balaban J connectivity index is 1.49. The number of benzene rings is 1. The van der Waals surface area contributed by atoms with Crippen molar-refractivity contribution < 1.29 is 9.59 Å². The molecular formula is C28H35N3O2. The van der Waals surface area contributed by atoms with Crippen molar-refractivity contribution in [2.75, 3.05) is 6.54 Å². The number of hydrogen-bond donors (Lipinski definition) is 1. The Bertz CT molecular complexity index is 978. The van der Waals surface area contributed by atoms with Gasteiger partial charge >= 0.3 is 0 Å². The van der Waals surface area contributed by atoms with Gasteiger partial charge in [-0.3, -0.25) is 14.6 Å². The minimum Gasteiger partial charge on any atom is -0.355 e. The number of nitrogens with one attached hydrogen (secondary N) is 1. The first-order chi connectivity index (χ1) is 16.2. The number of fused-ring (bicyclic) bond motifs is 1. The third kappa shape index (κ3) is 4.18. The molecule has 1 N–H and O–H groups in total. The molecule has 0 unspecified atom stereocenters. The van der Waals surface area contributed by atoms with Gasteiger partial charge in [0.2, 0.25) is 5.91 Å². The molecule has 1 aliphatic heterocycles. The molecule has 2 saturated carbocycles. The fraction of sp³-hybridized carbons (Fsp3) is 0.536. The summed E-state index contributed by atoms with van der Waals surface area (Å²) in [6.45, 7) is 0.558. The summed E-state index contributed by atoms with van der Waals surface area (Å²) in [4.78, 5) is 34.4. The van der Waals surface area contributed by atoms with Crippen molar-refractivity contribution >= 4 is 11.8 Å². The molecule has 0 radical (unpaired) electrons. The Morgan fingerprint density at radius 2 is 1.70 bits per heavy atom. The molecule has 1 aromatic heterocycles. The molecule has 5 heteroatoms. The number of hydrogen-bond acceptors (Lipinski definition) is 3. The summed E-state index contributed by atoms with van der Waals surface area (Å²) in [5.41, 5.74) is 2.23. The van der Waals surface area contributed by atoms with Crippen molar-refractivity contribution in [3.8, 4) is 0 Å². The Labute approximate surface area is 197 Å². The quantitative estimate of drug-likeness (QED) is 0.703. The van der Waals surface area contributed by atoms with Gasteiger partial charge in [0.15, 0.2) is 0 Å². The zero-order valence-corrected chi connectivity index (χ0v) is 19.5. The maximum absolute atomic E-state index is 13.9. The Kier molecular flexibility index (Phi) is 6.48. The average molecular weight is 446 g/mol. The predicted octanol–water partition coefficient (Wildman–Crippen LogP) is 5.02. The van der Waals surface area contributed by atoms with Crippen molar-refractivity contribution in [2.45, 2.75) is 88.1 Å². The first kappa shape index (κ1) is 22.1. The van der Waals surface area contributed by atoms with E-state index in [2.05, 4.69) is 15.2 Å². The smallest absolute Gasteiger partial charge is 0.254 e. The largest absolute Gasteiger partial charge is 0.355 e. The molecule has 1 spiro atoms. The van der Waals surface area contributed by atoms with Crippen LogP contribution < -0.4 is 5.32 Å². The fourth-order valence-electron chi connectivity index (χ4n) is 6.61. The summed E-state index contributed by atoms with van der Waals surface area (Å²) in [5.74, 6) is -0.0946. The molecule has 5 rings (SSSR count). The second-order valence-electron chi connectivity index (χ2n) is 10.0. The van der Waals surface area contributed by atoms with E-state index < -0.39 is 5.54 Å². The molecule has 3 aliphatic rings. The number of aromatic nitrogens is 1. The van der Waals surface area contributed by atoms with Gasteiger partial charge in [0.1, 0.15) is 0 Å². The first-order valence-electron chi connectivity index (χ1n) is 12.8. The highest BCUT2D eigenvalue weighted by Gasteiger charge is 2.56. The highest BCUT2D eigenvalue weighted by molar-refractivity contribution is 6.02. The lowest BCUT2D eigenvalue weighted by molar-refractivity contribution is -0.128. The van der Waals surface area contributed by atoms with Crippen molar-refractivity contribution in [1.82, 2.24) is 15.2 Å². The summed E-state index contributed by atoms with van der Waals surface area (Å²) >= 11 is 0. The van der Waals surface area contributed by atoms with E-state index in [1.54, 1.807) is 6.20 Å². The van der Waals surface area contributed by atoms with Crippen LogP contribution in [-0.4, -0.2) is 39.8 Å². The van der Waals surface area contributed by atoms with E-state index in [0.29, 0.717) is 13.0 Å². The third-order valence-electron chi connectivity index (χ3n) is 8.07. The highest BCUT2D eigenvalue weighted by Crippen LogP contribution is 2.51. The molecule has 2 amide bonds. The molecule has 1 aromatic carbocycles. The van der Waals surface area contributed by atoms with E-state index in [-0.39, 0.29) is 23.8 Å². The molecule has 33 heavy (non-hydrogen) atoms. The minimum atomic E-state index is -0.402. The normalized spacial score (nSPS) is 22.7. The number of amides is 2. The van der Waals surface area contributed by atoms with Crippen molar-refractivity contribution in [3.05, 3.63) is 65.5 Å². The van der Waals surface area contributed by atoms with E-state index in [1.165, 1.54) is 25.7 Å². The van der Waals surface area contributed by atoms with Crippen LogP contribution in [0, 0.1) is 0 Å². The van der Waals surface area contributed by atoms with Crippen LogP contribution >= 0.6 is 0 Å². The molecule has 1 atom stereocenters. The van der Waals surface area contributed by atoms with Crippen LogP contribution in [0.4, 0.5) is 0 Å². The fourth-order valence-corrected chi connectivity index (χ4v) is 6.61. The molecule has 0 saturated heterocycles. The molecule has 174 valence electrons. The summed E-state index contributed by atoms with van der Waals surface area (Å²) < 4.78 is 0. The summed E-state index contributed by atoms with van der Waals surface area (Å²) in [6, 6.07) is 14.0. The SMILES string of the molecule is O=C(NCCc1ccccn1)[C@H]1c2ccccc2C(=O)N(C2CCCCC2)C12CCCCC2. The zero-order chi connectivity index (χ0) is 22.7. The number of carbonyl (C=O) groups excluding carboxylic acids is 2. The van der Waals surface area contributed by atoms with E-state index in [9.17, 15) is 9.59 Å². The summed E-state index contributed by atoms with van der Waals surface area (Å²) in [7, 11) is 0. The molecule has 0 bridgehead atoms. The van der Waals surface area contributed by atoms with Crippen molar-refractivity contribution in [2.24, 2.45) is 0 Å². The zero-order valence-electron chi connectivity index (χ0n) is 19.5. The van der Waals surface area contributed by atoms with Crippen molar-refractivity contribution in [3.63, 3.8) is 0 Å². The van der Waals surface area contributed by atoms with Crippen LogP contribution in [-0.2, 0) is 11.2 Å². The van der Waals surface area contributed by atoms with Crippen LogP contribution in [0.1, 0.15) is 91.7 Å². The van der Waals surface area contributed by atoms with Crippen LogP contribution in [0.5, 0.6) is 0 Å². The standard InChI is InChI=1S/C28H35N3O2/c32-26(30-20-16-21-11-7-10-19-29-21)25-23-14-5-6-15-24(23)27(33)31(22-12-3-1-4-13-22)28(25)17-8-2-9-18-28/h5-7,10-11,14-15,19,22,25H,1-4,8-9,12-13,16-18,20H2,(H,30,32)/t25-/m1/s1. The Morgan fingerprint density at radius 3 is 2.45 bits per heavy atom. The predicted molar refractivity (Wildman–Crippen MR) is 129 cm³/mol. The second-order valence-corrected chi connectivity index (χ2v) is 10.0. The molecule has 2 heterocycles. The minimum absolute atomic E-state index is 0.0635. The molecule has 2 fully saturated rings. The van der Waals surface area contributed by atoms with Gasteiger partial charge in [0, 0.05) is 36.5 Å². The maximum atomic E-state index is 13.9.